The van der Waals surface area contributed by atoms with Crippen molar-refractivity contribution in [3.63, 3.8) is 0 Å². The van der Waals surface area contributed by atoms with E-state index in [-0.39, 0.29) is 12.1 Å². The Bertz CT molecular complexity index is 684. The maximum atomic E-state index is 12.2. The van der Waals surface area contributed by atoms with Crippen LogP contribution in [0, 0.1) is 6.92 Å². The van der Waals surface area contributed by atoms with E-state index in [1.165, 1.54) is 0 Å². The third kappa shape index (κ3) is 4.73. The Labute approximate surface area is 142 Å². The summed E-state index contributed by atoms with van der Waals surface area (Å²) in [5, 5.41) is 9.84. The van der Waals surface area contributed by atoms with Crippen molar-refractivity contribution < 1.29 is 14.3 Å². The Morgan fingerprint density at radius 3 is 2.88 bits per heavy atom. The fourth-order valence-electron chi connectivity index (χ4n) is 2.37. The number of methoxy groups -OCH3 is 2. The molecule has 2 N–H and O–H groups in total. The molecule has 1 aromatic carbocycles. The number of nitrogens with zero attached hydrogens (tertiary/aromatic N) is 2. The molecule has 0 saturated carbocycles. The number of urea groups is 1. The average Bonchev–Trinajstić information content (AvgIpc) is 2.99. The number of hydrogen-bond acceptors (Lipinski definition) is 4. The number of amides is 2. The maximum absolute atomic E-state index is 12.2. The van der Waals surface area contributed by atoms with Gasteiger partial charge in [-0.1, -0.05) is 17.7 Å². The second-order valence-corrected chi connectivity index (χ2v) is 5.55. The second-order valence-electron chi connectivity index (χ2n) is 5.55. The minimum atomic E-state index is -0.294. The largest absolute Gasteiger partial charge is 0.496 e. The van der Waals surface area contributed by atoms with Crippen LogP contribution in [0.3, 0.4) is 0 Å². The standard InChI is InChI=1S/C17H24N4O3/c1-12-5-6-16(24-4)15(9-12)13(2)19-17(22)20-14-10-18-21(11-14)7-8-23-3/h5-6,9-11,13H,7-8H2,1-4H3,(H2,19,20,22)/t13-/m0/s1. The molecule has 0 aliphatic carbocycles. The van der Waals surface area contributed by atoms with Gasteiger partial charge in [-0.25, -0.2) is 4.79 Å². The molecule has 24 heavy (non-hydrogen) atoms. The van der Waals surface area contributed by atoms with Crippen LogP contribution in [0.5, 0.6) is 5.75 Å². The summed E-state index contributed by atoms with van der Waals surface area (Å²) in [5.74, 6) is 0.751. The van der Waals surface area contributed by atoms with E-state index < -0.39 is 0 Å². The number of rotatable bonds is 7. The minimum absolute atomic E-state index is 0.191. The summed E-state index contributed by atoms with van der Waals surface area (Å²) in [7, 11) is 3.26. The SMILES string of the molecule is COCCn1cc(NC(=O)N[C@@H](C)c2cc(C)ccc2OC)cn1. The molecule has 0 bridgehead atoms. The van der Waals surface area contributed by atoms with E-state index in [0.717, 1.165) is 16.9 Å². The van der Waals surface area contributed by atoms with E-state index in [1.54, 1.807) is 31.3 Å². The summed E-state index contributed by atoms with van der Waals surface area (Å²) < 4.78 is 12.1. The van der Waals surface area contributed by atoms with Crippen LogP contribution in [0.25, 0.3) is 0 Å². The van der Waals surface area contributed by atoms with Gasteiger partial charge in [-0.15, -0.1) is 0 Å². The molecule has 0 spiro atoms. The summed E-state index contributed by atoms with van der Waals surface area (Å²) >= 11 is 0. The molecule has 0 unspecified atom stereocenters. The first kappa shape index (κ1) is 17.8. The summed E-state index contributed by atoms with van der Waals surface area (Å²) in [6, 6.07) is 5.40. The molecule has 2 rings (SSSR count). The van der Waals surface area contributed by atoms with Gasteiger partial charge >= 0.3 is 6.03 Å². The van der Waals surface area contributed by atoms with E-state index in [9.17, 15) is 4.79 Å². The van der Waals surface area contributed by atoms with Gasteiger partial charge in [-0.2, -0.15) is 5.10 Å². The summed E-state index contributed by atoms with van der Waals surface area (Å²) in [6.45, 7) is 5.12. The normalized spacial score (nSPS) is 11.8. The van der Waals surface area contributed by atoms with Crippen LogP contribution in [-0.4, -0.2) is 36.6 Å². The van der Waals surface area contributed by atoms with Crippen LogP contribution in [-0.2, 0) is 11.3 Å². The van der Waals surface area contributed by atoms with Gasteiger partial charge in [0.2, 0.25) is 0 Å². The van der Waals surface area contributed by atoms with Crippen molar-refractivity contribution in [1.29, 1.82) is 0 Å². The van der Waals surface area contributed by atoms with Crippen LogP contribution < -0.4 is 15.4 Å². The first-order valence-electron chi connectivity index (χ1n) is 7.77. The molecule has 1 aromatic heterocycles. The molecular weight excluding hydrogens is 308 g/mol. The van der Waals surface area contributed by atoms with Crippen molar-refractivity contribution >= 4 is 11.7 Å². The van der Waals surface area contributed by atoms with Gasteiger partial charge in [0.25, 0.3) is 0 Å². The number of ether oxygens (including phenoxy) is 2. The number of anilines is 1. The number of aryl methyl sites for hydroxylation is 1. The lowest BCUT2D eigenvalue weighted by atomic mass is 10.0. The predicted octanol–water partition coefficient (Wildman–Crippen LogP) is 2.73. The van der Waals surface area contributed by atoms with Crippen LogP contribution >= 0.6 is 0 Å². The third-order valence-electron chi connectivity index (χ3n) is 3.61. The fraction of sp³-hybridized carbons (Fsp3) is 0.412. The molecule has 7 nitrogen and oxygen atoms in total. The molecule has 2 aromatic rings. The highest BCUT2D eigenvalue weighted by atomic mass is 16.5. The monoisotopic (exact) mass is 332 g/mol. The number of nitrogens with one attached hydrogen (secondary N) is 2. The zero-order chi connectivity index (χ0) is 17.5. The van der Waals surface area contributed by atoms with Crippen molar-refractivity contribution in [1.82, 2.24) is 15.1 Å². The third-order valence-corrected chi connectivity index (χ3v) is 3.61. The van der Waals surface area contributed by atoms with E-state index in [1.807, 2.05) is 32.0 Å². The summed E-state index contributed by atoms with van der Waals surface area (Å²) in [5.41, 5.74) is 2.68. The van der Waals surface area contributed by atoms with E-state index in [4.69, 9.17) is 9.47 Å². The Kier molecular flexibility index (Phi) is 6.20. The van der Waals surface area contributed by atoms with Gasteiger partial charge in [0.1, 0.15) is 5.75 Å². The van der Waals surface area contributed by atoms with Crippen LogP contribution in [0.2, 0.25) is 0 Å². The predicted molar refractivity (Wildman–Crippen MR) is 92.4 cm³/mol. The second kappa shape index (κ2) is 8.35. The Morgan fingerprint density at radius 1 is 1.38 bits per heavy atom. The zero-order valence-electron chi connectivity index (χ0n) is 14.5. The van der Waals surface area contributed by atoms with Crippen molar-refractivity contribution in [3.05, 3.63) is 41.7 Å². The van der Waals surface area contributed by atoms with Crippen molar-refractivity contribution in [3.8, 4) is 5.75 Å². The molecule has 1 heterocycles. The fourth-order valence-corrected chi connectivity index (χ4v) is 2.37. The number of carbonyl (C=O) groups excluding carboxylic acids is 1. The van der Waals surface area contributed by atoms with Gasteiger partial charge in [0, 0.05) is 18.9 Å². The molecule has 0 saturated heterocycles. The van der Waals surface area contributed by atoms with Gasteiger partial charge < -0.3 is 20.1 Å². The number of aromatic nitrogens is 2. The van der Waals surface area contributed by atoms with Gasteiger partial charge in [0.15, 0.2) is 0 Å². The van der Waals surface area contributed by atoms with Crippen LogP contribution in [0.4, 0.5) is 10.5 Å². The molecule has 0 aliphatic heterocycles. The lowest BCUT2D eigenvalue weighted by Gasteiger charge is -2.18. The van der Waals surface area contributed by atoms with E-state index in [0.29, 0.717) is 18.8 Å². The van der Waals surface area contributed by atoms with Crippen molar-refractivity contribution in [2.24, 2.45) is 0 Å². The van der Waals surface area contributed by atoms with Crippen molar-refractivity contribution in [2.75, 3.05) is 26.1 Å². The molecule has 2 amide bonds. The average molecular weight is 332 g/mol. The smallest absolute Gasteiger partial charge is 0.319 e. The topological polar surface area (TPSA) is 77.4 Å². The lowest BCUT2D eigenvalue weighted by Crippen LogP contribution is -2.31. The van der Waals surface area contributed by atoms with Crippen LogP contribution in [0.15, 0.2) is 30.6 Å². The molecule has 1 atom stereocenters. The highest BCUT2D eigenvalue weighted by Gasteiger charge is 2.14. The molecule has 0 fully saturated rings. The summed E-state index contributed by atoms with van der Waals surface area (Å²) in [6.07, 6.45) is 3.36. The van der Waals surface area contributed by atoms with E-state index >= 15 is 0 Å². The summed E-state index contributed by atoms with van der Waals surface area (Å²) in [4.78, 5) is 12.2. The Morgan fingerprint density at radius 2 is 2.17 bits per heavy atom. The molecule has 130 valence electrons. The molecule has 0 radical (unpaired) electrons. The van der Waals surface area contributed by atoms with Gasteiger partial charge in [0.05, 0.1) is 38.2 Å². The number of carbonyl (C=O) groups is 1. The van der Waals surface area contributed by atoms with Gasteiger partial charge in [-0.3, -0.25) is 4.68 Å². The minimum Gasteiger partial charge on any atom is -0.496 e. The zero-order valence-corrected chi connectivity index (χ0v) is 14.5. The highest BCUT2D eigenvalue weighted by Crippen LogP contribution is 2.26. The van der Waals surface area contributed by atoms with Gasteiger partial charge in [-0.05, 0) is 19.9 Å². The Hall–Kier alpha value is -2.54. The number of hydrogen-bond donors (Lipinski definition) is 2. The highest BCUT2D eigenvalue weighted by molar-refractivity contribution is 5.89. The Balaban J connectivity index is 1.96. The van der Waals surface area contributed by atoms with Crippen molar-refractivity contribution in [2.45, 2.75) is 26.4 Å². The lowest BCUT2D eigenvalue weighted by molar-refractivity contribution is 0.183. The maximum Gasteiger partial charge on any atom is 0.319 e. The quantitative estimate of drug-likeness (QED) is 0.817. The first-order valence-corrected chi connectivity index (χ1v) is 7.77. The molecule has 0 aliphatic rings. The molecule has 7 heteroatoms. The number of benzene rings is 1. The first-order chi connectivity index (χ1) is 11.5. The van der Waals surface area contributed by atoms with E-state index in [2.05, 4.69) is 15.7 Å². The molecular formula is C17H24N4O3. The van der Waals surface area contributed by atoms with Crippen LogP contribution in [0.1, 0.15) is 24.1 Å².